The molecule has 3 aromatic rings. The second-order valence-corrected chi connectivity index (χ2v) is 17.6. The molecule has 0 unspecified atom stereocenters. The first kappa shape index (κ1) is 36.3. The summed E-state index contributed by atoms with van der Waals surface area (Å²) in [5.41, 5.74) is 6.04. The Balaban J connectivity index is 1.90. The van der Waals surface area contributed by atoms with Gasteiger partial charge in [-0.3, -0.25) is 4.79 Å². The summed E-state index contributed by atoms with van der Waals surface area (Å²) in [6.45, 7) is 22.9. The fourth-order valence-electron chi connectivity index (χ4n) is 6.71. The van der Waals surface area contributed by atoms with E-state index >= 15 is 4.21 Å². The molecule has 1 aliphatic heterocycles. The molecule has 7 heteroatoms. The monoisotopic (exact) mass is 659 g/mol. The minimum absolute atomic E-state index is 0.0692. The minimum Gasteiger partial charge on any atom is -0.493 e. The second-order valence-electron chi connectivity index (χ2n) is 15.2. The quantitative estimate of drug-likeness (QED) is 0.137. The van der Waals surface area contributed by atoms with Gasteiger partial charge in [-0.05, 0) is 68.2 Å². The van der Waals surface area contributed by atoms with Gasteiger partial charge >= 0.3 is 5.97 Å². The Bertz CT molecular complexity index is 1760. The maximum absolute atomic E-state index is 15.6. The van der Waals surface area contributed by atoms with Crippen molar-refractivity contribution in [1.29, 1.82) is 0 Å². The van der Waals surface area contributed by atoms with Crippen LogP contribution in [0.25, 0.3) is 0 Å². The van der Waals surface area contributed by atoms with E-state index in [0.29, 0.717) is 27.8 Å². The summed E-state index contributed by atoms with van der Waals surface area (Å²) in [4.78, 5) is 14.7. The van der Waals surface area contributed by atoms with Crippen molar-refractivity contribution in [2.75, 3.05) is 14.2 Å². The Morgan fingerprint density at radius 2 is 1.49 bits per heavy atom. The molecular formula is C40H53NO5S. The van der Waals surface area contributed by atoms with Gasteiger partial charge in [0.1, 0.15) is 5.75 Å². The van der Waals surface area contributed by atoms with Crippen LogP contribution in [0.2, 0.25) is 0 Å². The zero-order valence-electron chi connectivity index (χ0n) is 30.5. The van der Waals surface area contributed by atoms with Gasteiger partial charge in [0, 0.05) is 33.9 Å². The summed E-state index contributed by atoms with van der Waals surface area (Å²) < 4.78 is 38.5. The zero-order chi connectivity index (χ0) is 35.1. The van der Waals surface area contributed by atoms with Gasteiger partial charge in [-0.25, -0.2) is 4.21 Å². The van der Waals surface area contributed by atoms with Gasteiger partial charge in [-0.2, -0.15) is 4.36 Å². The molecule has 254 valence electrons. The molecule has 6 nitrogen and oxygen atoms in total. The number of carbonyl (C=O) groups is 1. The van der Waals surface area contributed by atoms with Gasteiger partial charge in [0.2, 0.25) is 0 Å². The van der Waals surface area contributed by atoms with E-state index in [1.54, 1.807) is 14.2 Å². The highest BCUT2D eigenvalue weighted by molar-refractivity contribution is 7.94. The highest BCUT2D eigenvalue weighted by atomic mass is 32.2. The van der Waals surface area contributed by atoms with E-state index in [-0.39, 0.29) is 35.1 Å². The molecule has 0 radical (unpaired) electrons. The van der Waals surface area contributed by atoms with Gasteiger partial charge in [0.25, 0.3) is 0 Å². The predicted molar refractivity (Wildman–Crippen MR) is 193 cm³/mol. The number of fused-ring (bicyclic) bond motifs is 1. The maximum atomic E-state index is 15.6. The fourth-order valence-corrected chi connectivity index (χ4v) is 9.66. The number of methoxy groups -OCH3 is 2. The Morgan fingerprint density at radius 1 is 0.915 bits per heavy atom. The standard InChI is InChI=1S/C40H53NO5S/c1-24(2)19-30-29-23-33(44-12)36(45-13)27(5)35(29)41-47(43,28-17-15-14-16-18-28)38(30)26(4)22-34(42)46-37-31(39(6,7)8)20-25(3)21-32(37)40(9,10)11/h14-21,23,26,30,38H,22H2,1-13H3/t26-,30+,38-,47-/m1/s1. The average molecular weight is 660 g/mol. The number of hydrogen-bond donors (Lipinski definition) is 0. The summed E-state index contributed by atoms with van der Waals surface area (Å²) in [5, 5.41) is -0.528. The van der Waals surface area contributed by atoms with E-state index in [1.165, 1.54) is 0 Å². The smallest absolute Gasteiger partial charge is 0.311 e. The van der Waals surface area contributed by atoms with E-state index in [2.05, 4.69) is 66.7 Å². The number of rotatable bonds is 8. The molecule has 0 bridgehead atoms. The van der Waals surface area contributed by atoms with Gasteiger partial charge in [0.05, 0.1) is 34.9 Å². The third kappa shape index (κ3) is 7.30. The summed E-state index contributed by atoms with van der Waals surface area (Å²) in [6.07, 6.45) is 2.23. The molecule has 0 saturated carbocycles. The molecule has 0 saturated heterocycles. The van der Waals surface area contributed by atoms with Crippen LogP contribution in [0.4, 0.5) is 5.69 Å². The molecule has 0 fully saturated rings. The van der Waals surface area contributed by atoms with Crippen molar-refractivity contribution in [3.63, 3.8) is 0 Å². The Kier molecular flexibility index (Phi) is 10.4. The number of nitrogens with zero attached hydrogens (tertiary/aromatic N) is 1. The van der Waals surface area contributed by atoms with Crippen LogP contribution in [-0.2, 0) is 25.4 Å². The minimum atomic E-state index is -3.09. The first-order valence-corrected chi connectivity index (χ1v) is 18.0. The van der Waals surface area contributed by atoms with Crippen LogP contribution in [0, 0.1) is 19.8 Å². The number of benzene rings is 3. The van der Waals surface area contributed by atoms with Crippen molar-refractivity contribution < 1.29 is 23.2 Å². The lowest BCUT2D eigenvalue weighted by Crippen LogP contribution is -2.37. The highest BCUT2D eigenvalue weighted by Gasteiger charge is 2.43. The molecule has 1 heterocycles. The van der Waals surface area contributed by atoms with Crippen LogP contribution in [0.3, 0.4) is 0 Å². The van der Waals surface area contributed by atoms with Crippen LogP contribution < -0.4 is 14.2 Å². The normalized spacial score (nSPS) is 20.0. The second kappa shape index (κ2) is 13.5. The van der Waals surface area contributed by atoms with Crippen molar-refractivity contribution in [2.24, 2.45) is 10.3 Å². The Labute approximate surface area is 283 Å². The number of carbonyl (C=O) groups excluding carboxylic acids is 1. The molecule has 4 atom stereocenters. The van der Waals surface area contributed by atoms with Crippen LogP contribution in [0.15, 0.2) is 69.4 Å². The van der Waals surface area contributed by atoms with E-state index < -0.39 is 15.0 Å². The topological polar surface area (TPSA) is 74.2 Å². The van der Waals surface area contributed by atoms with Gasteiger partial charge in [0.15, 0.2) is 11.5 Å². The first-order chi connectivity index (χ1) is 21.8. The molecule has 0 spiro atoms. The number of ether oxygens (including phenoxy) is 3. The van der Waals surface area contributed by atoms with Crippen molar-refractivity contribution in [2.45, 2.75) is 109 Å². The molecule has 0 aromatic heterocycles. The van der Waals surface area contributed by atoms with Crippen LogP contribution in [-0.4, -0.2) is 29.6 Å². The first-order valence-electron chi connectivity index (χ1n) is 16.4. The van der Waals surface area contributed by atoms with Crippen LogP contribution >= 0.6 is 0 Å². The average Bonchev–Trinajstić information content (AvgIpc) is 2.97. The lowest BCUT2D eigenvalue weighted by molar-refractivity contribution is -0.135. The number of allylic oxidation sites excluding steroid dienone is 2. The zero-order valence-corrected chi connectivity index (χ0v) is 31.3. The van der Waals surface area contributed by atoms with Gasteiger partial charge in [-0.15, -0.1) is 0 Å². The maximum Gasteiger partial charge on any atom is 0.311 e. The van der Waals surface area contributed by atoms with E-state index in [1.807, 2.05) is 64.1 Å². The molecule has 0 amide bonds. The molecule has 47 heavy (non-hydrogen) atoms. The van der Waals surface area contributed by atoms with E-state index in [0.717, 1.165) is 33.4 Å². The largest absolute Gasteiger partial charge is 0.493 e. The van der Waals surface area contributed by atoms with Crippen LogP contribution in [0.1, 0.15) is 102 Å². The molecule has 4 rings (SSSR count). The molecule has 0 aliphatic carbocycles. The lowest BCUT2D eigenvalue weighted by Gasteiger charge is -2.38. The summed E-state index contributed by atoms with van der Waals surface area (Å²) in [7, 11) is 0.122. The van der Waals surface area contributed by atoms with Crippen molar-refractivity contribution >= 4 is 21.4 Å². The predicted octanol–water partition coefficient (Wildman–Crippen LogP) is 10.1. The molecule has 3 aromatic carbocycles. The summed E-state index contributed by atoms with van der Waals surface area (Å²) in [5.74, 6) is 0.770. The highest BCUT2D eigenvalue weighted by Crippen LogP contribution is 2.52. The third-order valence-electron chi connectivity index (χ3n) is 8.92. The summed E-state index contributed by atoms with van der Waals surface area (Å²) in [6, 6.07) is 15.6. The molecule has 0 N–H and O–H groups in total. The summed E-state index contributed by atoms with van der Waals surface area (Å²) >= 11 is 0. The number of aryl methyl sites for hydroxylation is 1. The van der Waals surface area contributed by atoms with Crippen LogP contribution in [0.5, 0.6) is 17.2 Å². The Hall–Kier alpha value is -3.58. The molecular weight excluding hydrogens is 607 g/mol. The molecule has 1 aliphatic rings. The van der Waals surface area contributed by atoms with Crippen molar-refractivity contribution in [1.82, 2.24) is 0 Å². The number of esters is 1. The van der Waals surface area contributed by atoms with Crippen molar-refractivity contribution in [3.8, 4) is 17.2 Å². The van der Waals surface area contributed by atoms with Gasteiger partial charge in [-0.1, -0.05) is 96.0 Å². The van der Waals surface area contributed by atoms with Gasteiger partial charge < -0.3 is 14.2 Å². The van der Waals surface area contributed by atoms with Crippen molar-refractivity contribution in [3.05, 3.63) is 88.0 Å². The number of hydrogen-bond acceptors (Lipinski definition) is 6. The van der Waals surface area contributed by atoms with E-state index in [4.69, 9.17) is 18.6 Å². The SMILES string of the molecule is COc1cc2c(c(C)c1OC)N=[S@@](=O)(c1ccccc1)[C@H]([C@H](C)CC(=O)Oc1c(C(C)(C)C)cc(C)cc1C(C)(C)C)[C@H]2C=C(C)C. The third-order valence-corrected chi connectivity index (χ3v) is 11.8. The van der Waals surface area contributed by atoms with E-state index in [9.17, 15) is 4.79 Å². The Morgan fingerprint density at radius 3 is 1.98 bits per heavy atom. The lowest BCUT2D eigenvalue weighted by atomic mass is 9.78. The fraction of sp³-hybridized carbons (Fsp3) is 0.475.